The second kappa shape index (κ2) is 13.7. The lowest BCUT2D eigenvalue weighted by Gasteiger charge is -2.25. The lowest BCUT2D eigenvalue weighted by atomic mass is 10.0. The molecule has 0 radical (unpaired) electrons. The summed E-state index contributed by atoms with van der Waals surface area (Å²) in [6, 6.07) is 61.0. The number of hydrogen-bond acceptors (Lipinski definition) is 3. The molecule has 0 spiro atoms. The van der Waals surface area contributed by atoms with E-state index in [1.807, 2.05) is 12.4 Å². The van der Waals surface area contributed by atoms with Crippen molar-refractivity contribution in [2.45, 2.75) is 12.8 Å². The van der Waals surface area contributed by atoms with Crippen LogP contribution in [0.5, 0.6) is 0 Å². The van der Waals surface area contributed by atoms with Gasteiger partial charge in [0.05, 0.1) is 40.2 Å². The van der Waals surface area contributed by atoms with Crippen LogP contribution >= 0.6 is 0 Å². The molecule has 0 unspecified atom stereocenters. The van der Waals surface area contributed by atoms with Crippen molar-refractivity contribution in [3.8, 4) is 22.6 Å². The van der Waals surface area contributed by atoms with E-state index >= 15 is 0 Å². The van der Waals surface area contributed by atoms with Gasteiger partial charge in [-0.3, -0.25) is 9.55 Å². The maximum atomic E-state index is 4.93. The number of allylic oxidation sites excluding steroid dienone is 4. The molecular formula is C52H37N5. The predicted molar refractivity (Wildman–Crippen MR) is 237 cm³/mol. The topological polar surface area (TPSA) is 38.9 Å². The van der Waals surface area contributed by atoms with Crippen LogP contribution in [0, 0.1) is 0 Å². The van der Waals surface area contributed by atoms with Gasteiger partial charge in [-0.05, 0) is 114 Å². The second-order valence-corrected chi connectivity index (χ2v) is 14.6. The number of fused-ring (bicyclic) bond motifs is 6. The molecule has 1 aliphatic rings. The first-order valence-electron chi connectivity index (χ1n) is 19.6. The summed E-state index contributed by atoms with van der Waals surface area (Å²) in [6.07, 6.45) is 12.5. The molecule has 0 aliphatic heterocycles. The van der Waals surface area contributed by atoms with Gasteiger partial charge in [-0.2, -0.15) is 0 Å². The molecule has 0 saturated carbocycles. The Morgan fingerprint density at radius 3 is 1.56 bits per heavy atom. The summed E-state index contributed by atoms with van der Waals surface area (Å²) in [6.45, 7) is 0. The average molecular weight is 732 g/mol. The van der Waals surface area contributed by atoms with Gasteiger partial charge in [0.1, 0.15) is 0 Å². The zero-order chi connectivity index (χ0) is 37.7. The van der Waals surface area contributed by atoms with Gasteiger partial charge >= 0.3 is 0 Å². The van der Waals surface area contributed by atoms with Gasteiger partial charge in [0, 0.05) is 44.3 Å². The summed E-state index contributed by atoms with van der Waals surface area (Å²) < 4.78 is 4.62. The molecular weight excluding hydrogens is 695 g/mol. The highest BCUT2D eigenvalue weighted by Gasteiger charge is 2.18. The lowest BCUT2D eigenvalue weighted by molar-refractivity contribution is 1.02. The molecule has 0 bridgehead atoms. The third-order valence-corrected chi connectivity index (χ3v) is 11.2. The second-order valence-electron chi connectivity index (χ2n) is 14.6. The average Bonchev–Trinajstić information content (AvgIpc) is 3.80. The van der Waals surface area contributed by atoms with Crippen molar-refractivity contribution in [1.29, 1.82) is 0 Å². The van der Waals surface area contributed by atoms with E-state index in [1.54, 1.807) is 0 Å². The minimum absolute atomic E-state index is 0.813. The Morgan fingerprint density at radius 2 is 0.982 bits per heavy atom. The number of rotatable bonds is 7. The van der Waals surface area contributed by atoms with E-state index in [0.717, 1.165) is 63.7 Å². The van der Waals surface area contributed by atoms with E-state index in [0.29, 0.717) is 0 Å². The first-order chi connectivity index (χ1) is 28.3. The number of nitrogens with zero attached hydrogens (tertiary/aromatic N) is 5. The van der Waals surface area contributed by atoms with Crippen LogP contribution in [0.25, 0.3) is 71.8 Å². The molecule has 7 aromatic carbocycles. The van der Waals surface area contributed by atoms with Crippen LogP contribution in [0.3, 0.4) is 0 Å². The normalized spacial score (nSPS) is 12.8. The van der Waals surface area contributed by atoms with Crippen molar-refractivity contribution < 1.29 is 0 Å². The fraction of sp³-hybridized carbons (Fsp3) is 0.0385. The van der Waals surface area contributed by atoms with Gasteiger partial charge in [-0.15, -0.1) is 0 Å². The van der Waals surface area contributed by atoms with Crippen LogP contribution in [-0.2, 0) is 0 Å². The molecule has 5 heteroatoms. The summed E-state index contributed by atoms with van der Waals surface area (Å²) in [4.78, 5) is 12.1. The quantitative estimate of drug-likeness (QED) is 0.164. The molecule has 3 aromatic heterocycles. The van der Waals surface area contributed by atoms with Gasteiger partial charge < -0.3 is 9.47 Å². The fourth-order valence-electron chi connectivity index (χ4n) is 8.57. The maximum Gasteiger partial charge on any atom is 0.156 e. The predicted octanol–water partition coefficient (Wildman–Crippen LogP) is 13.5. The van der Waals surface area contributed by atoms with E-state index in [4.69, 9.17) is 9.97 Å². The number of benzene rings is 7. The van der Waals surface area contributed by atoms with Gasteiger partial charge in [-0.1, -0.05) is 103 Å². The summed E-state index contributed by atoms with van der Waals surface area (Å²) >= 11 is 0. The van der Waals surface area contributed by atoms with Gasteiger partial charge in [0.25, 0.3) is 0 Å². The number of anilines is 3. The molecule has 0 N–H and O–H groups in total. The summed E-state index contributed by atoms with van der Waals surface area (Å²) in [7, 11) is 0. The highest BCUT2D eigenvalue weighted by molar-refractivity contribution is 6.12. The van der Waals surface area contributed by atoms with Crippen molar-refractivity contribution in [3.63, 3.8) is 0 Å². The van der Waals surface area contributed by atoms with Gasteiger partial charge in [-0.25, -0.2) is 4.98 Å². The van der Waals surface area contributed by atoms with Crippen LogP contribution in [0.4, 0.5) is 17.1 Å². The van der Waals surface area contributed by atoms with E-state index < -0.39 is 0 Å². The molecule has 270 valence electrons. The van der Waals surface area contributed by atoms with Crippen molar-refractivity contribution in [1.82, 2.24) is 19.1 Å². The first-order valence-corrected chi connectivity index (χ1v) is 19.6. The molecule has 1 aliphatic carbocycles. The van der Waals surface area contributed by atoms with Crippen LogP contribution in [0.2, 0.25) is 0 Å². The van der Waals surface area contributed by atoms with Crippen molar-refractivity contribution in [2.75, 3.05) is 4.90 Å². The molecule has 0 fully saturated rings. The van der Waals surface area contributed by atoms with E-state index in [1.165, 1.54) is 43.7 Å². The number of hydrogen-bond donors (Lipinski definition) is 0. The Bertz CT molecular complexity index is 3110. The summed E-state index contributed by atoms with van der Waals surface area (Å²) in [5.41, 5.74) is 13.5. The molecule has 5 nitrogen and oxygen atoms in total. The zero-order valence-corrected chi connectivity index (χ0v) is 31.2. The van der Waals surface area contributed by atoms with Crippen LogP contribution in [0.1, 0.15) is 18.5 Å². The Labute approximate surface area is 330 Å². The fourth-order valence-corrected chi connectivity index (χ4v) is 8.57. The summed E-state index contributed by atoms with van der Waals surface area (Å²) in [5, 5.41) is 4.84. The van der Waals surface area contributed by atoms with Crippen molar-refractivity contribution >= 4 is 66.2 Å². The Balaban J connectivity index is 0.990. The third-order valence-electron chi connectivity index (χ3n) is 11.2. The van der Waals surface area contributed by atoms with E-state index in [9.17, 15) is 0 Å². The molecule has 0 amide bonds. The standard InChI is InChI=1S/C52H37N5/c1-4-14-36(15-5-1)47-34-54-52(35-53-47)57-49-23-13-11-21-44(49)46-33-38(25-31-51(46)57)37-24-30-50-45(32-37)43-20-10-12-22-48(43)56(50)42-28-26-41(27-29-42)55(39-16-6-2-7-17-39)40-18-8-3-9-19-40/h2-4,6-35H,1,5H2. The van der Waals surface area contributed by atoms with E-state index in [-0.39, 0.29) is 0 Å². The molecule has 0 saturated heterocycles. The monoisotopic (exact) mass is 731 g/mol. The first kappa shape index (κ1) is 32.9. The molecule has 0 atom stereocenters. The van der Waals surface area contributed by atoms with Gasteiger partial charge in [0.2, 0.25) is 0 Å². The Morgan fingerprint density at radius 1 is 0.439 bits per heavy atom. The highest BCUT2D eigenvalue weighted by atomic mass is 15.1. The van der Waals surface area contributed by atoms with Crippen molar-refractivity contribution in [2.24, 2.45) is 0 Å². The molecule has 3 heterocycles. The van der Waals surface area contributed by atoms with Gasteiger partial charge in [0.15, 0.2) is 5.82 Å². The third kappa shape index (κ3) is 5.63. The van der Waals surface area contributed by atoms with Crippen LogP contribution < -0.4 is 4.90 Å². The Kier molecular flexibility index (Phi) is 7.88. The molecule has 10 aromatic rings. The Hall–Kier alpha value is -7.50. The smallest absolute Gasteiger partial charge is 0.156 e. The lowest BCUT2D eigenvalue weighted by Crippen LogP contribution is -2.09. The number of aromatic nitrogens is 4. The largest absolute Gasteiger partial charge is 0.311 e. The van der Waals surface area contributed by atoms with E-state index in [2.05, 4.69) is 202 Å². The molecule has 57 heavy (non-hydrogen) atoms. The minimum atomic E-state index is 0.813. The van der Waals surface area contributed by atoms with Crippen LogP contribution in [-0.4, -0.2) is 19.1 Å². The zero-order valence-electron chi connectivity index (χ0n) is 31.2. The molecule has 11 rings (SSSR count). The van der Waals surface area contributed by atoms with Crippen molar-refractivity contribution in [3.05, 3.63) is 206 Å². The SMILES string of the molecule is C1=CC(c2cnc(-n3c4ccccc4c4cc(-c5ccc6c(c5)c5ccccc5n6-c5ccc(N(c6ccccc6)c6ccccc6)cc5)ccc43)cn2)=CCC1. The highest BCUT2D eigenvalue weighted by Crippen LogP contribution is 2.39. The minimum Gasteiger partial charge on any atom is -0.311 e. The van der Waals surface area contributed by atoms with Crippen LogP contribution in [0.15, 0.2) is 200 Å². The number of para-hydroxylation sites is 4. The summed E-state index contributed by atoms with van der Waals surface area (Å²) in [5.74, 6) is 0.813. The maximum absolute atomic E-state index is 4.93.